The summed E-state index contributed by atoms with van der Waals surface area (Å²) in [6, 6.07) is 8.81. The molecule has 0 amide bonds. The number of nitrogens with one attached hydrogen (secondary N) is 1. The van der Waals surface area contributed by atoms with Crippen molar-refractivity contribution >= 4 is 0 Å². The van der Waals surface area contributed by atoms with E-state index in [4.69, 9.17) is 4.74 Å². The molecule has 20 heavy (non-hydrogen) atoms. The van der Waals surface area contributed by atoms with Crippen LogP contribution in [0.3, 0.4) is 0 Å². The molecule has 0 saturated carbocycles. The Kier molecular flexibility index (Phi) is 3.79. The van der Waals surface area contributed by atoms with E-state index in [-0.39, 0.29) is 0 Å². The van der Waals surface area contributed by atoms with Crippen LogP contribution in [-0.4, -0.2) is 18.7 Å². The minimum absolute atomic E-state index is 0.519. The quantitative estimate of drug-likeness (QED) is 0.923. The van der Waals surface area contributed by atoms with Gasteiger partial charge < -0.3 is 14.6 Å². The van der Waals surface area contributed by atoms with Gasteiger partial charge in [-0.1, -0.05) is 12.1 Å². The molecule has 1 aromatic carbocycles. The second-order valence-electron chi connectivity index (χ2n) is 5.50. The fourth-order valence-electron chi connectivity index (χ4n) is 3.12. The molecule has 0 spiro atoms. The lowest BCUT2D eigenvalue weighted by molar-refractivity contribution is 0.414. The third-order valence-electron chi connectivity index (χ3n) is 4.16. The number of hydrogen-bond acceptors (Lipinski definition) is 2. The Morgan fingerprint density at radius 3 is 3.05 bits per heavy atom. The van der Waals surface area contributed by atoms with E-state index < -0.39 is 0 Å². The molecule has 0 fully saturated rings. The molecule has 1 unspecified atom stereocenters. The van der Waals surface area contributed by atoms with E-state index in [1.54, 1.807) is 7.11 Å². The zero-order valence-corrected chi connectivity index (χ0v) is 12.2. The first-order valence-electron chi connectivity index (χ1n) is 7.29. The van der Waals surface area contributed by atoms with Crippen LogP contribution in [0, 0.1) is 0 Å². The molecule has 1 aliphatic rings. The molecule has 2 aromatic rings. The first-order chi connectivity index (χ1) is 9.80. The summed E-state index contributed by atoms with van der Waals surface area (Å²) < 4.78 is 7.59. The fraction of sp³-hybridized carbons (Fsp3) is 0.412. The fourth-order valence-corrected chi connectivity index (χ4v) is 3.12. The van der Waals surface area contributed by atoms with Gasteiger partial charge >= 0.3 is 0 Å². The average molecular weight is 270 g/mol. The topological polar surface area (TPSA) is 26.2 Å². The van der Waals surface area contributed by atoms with E-state index in [0.717, 1.165) is 12.3 Å². The normalized spacial score (nSPS) is 17.8. The van der Waals surface area contributed by atoms with Gasteiger partial charge in [-0.3, -0.25) is 0 Å². The highest BCUT2D eigenvalue weighted by atomic mass is 16.5. The smallest absolute Gasteiger partial charge is 0.119 e. The van der Waals surface area contributed by atoms with Gasteiger partial charge in [0.1, 0.15) is 5.75 Å². The predicted octanol–water partition coefficient (Wildman–Crippen LogP) is 3.14. The van der Waals surface area contributed by atoms with Crippen LogP contribution in [0.4, 0.5) is 0 Å². The van der Waals surface area contributed by atoms with Crippen LogP contribution in [0.5, 0.6) is 5.75 Å². The van der Waals surface area contributed by atoms with Crippen molar-refractivity contribution in [3.63, 3.8) is 0 Å². The minimum atomic E-state index is 0.519. The van der Waals surface area contributed by atoms with Gasteiger partial charge in [0.2, 0.25) is 0 Å². The van der Waals surface area contributed by atoms with Crippen molar-refractivity contribution in [2.24, 2.45) is 0 Å². The minimum Gasteiger partial charge on any atom is -0.497 e. The van der Waals surface area contributed by atoms with Crippen molar-refractivity contribution in [3.8, 4) is 5.75 Å². The lowest BCUT2D eigenvalue weighted by atomic mass is 9.91. The predicted molar refractivity (Wildman–Crippen MR) is 81.3 cm³/mol. The van der Waals surface area contributed by atoms with Gasteiger partial charge in [0.25, 0.3) is 0 Å². The van der Waals surface area contributed by atoms with Crippen LogP contribution in [0.2, 0.25) is 0 Å². The van der Waals surface area contributed by atoms with E-state index in [2.05, 4.69) is 41.5 Å². The SMILES string of the molecule is CNC1CCCc2cn(Cc3cccc(OC)c3)cc21. The Bertz CT molecular complexity index is 588. The number of ether oxygens (including phenoxy) is 1. The van der Waals surface area contributed by atoms with E-state index >= 15 is 0 Å². The van der Waals surface area contributed by atoms with Gasteiger partial charge in [-0.25, -0.2) is 0 Å². The maximum atomic E-state index is 5.29. The number of nitrogens with zero attached hydrogens (tertiary/aromatic N) is 1. The second-order valence-corrected chi connectivity index (χ2v) is 5.50. The third kappa shape index (κ3) is 2.59. The van der Waals surface area contributed by atoms with Crippen LogP contribution < -0.4 is 10.1 Å². The number of fused-ring (bicyclic) bond motifs is 1. The van der Waals surface area contributed by atoms with Crippen LogP contribution in [0.15, 0.2) is 36.7 Å². The Hall–Kier alpha value is -1.74. The summed E-state index contributed by atoms with van der Waals surface area (Å²) in [5.41, 5.74) is 4.25. The van der Waals surface area contributed by atoms with Crippen molar-refractivity contribution in [2.45, 2.75) is 31.8 Å². The maximum absolute atomic E-state index is 5.29. The number of aromatic nitrogens is 1. The highest BCUT2D eigenvalue weighted by Crippen LogP contribution is 2.30. The van der Waals surface area contributed by atoms with Crippen LogP contribution >= 0.6 is 0 Å². The maximum Gasteiger partial charge on any atom is 0.119 e. The molecule has 0 aliphatic heterocycles. The zero-order valence-electron chi connectivity index (χ0n) is 12.2. The van der Waals surface area contributed by atoms with Crippen molar-refractivity contribution in [1.82, 2.24) is 9.88 Å². The molecule has 0 radical (unpaired) electrons. The number of benzene rings is 1. The first-order valence-corrected chi connectivity index (χ1v) is 7.29. The number of rotatable bonds is 4. The Morgan fingerprint density at radius 1 is 1.35 bits per heavy atom. The molecule has 0 bridgehead atoms. The van der Waals surface area contributed by atoms with Gasteiger partial charge in [0.15, 0.2) is 0 Å². The number of aryl methyl sites for hydroxylation is 1. The molecule has 0 saturated heterocycles. The van der Waals surface area contributed by atoms with Crippen molar-refractivity contribution in [2.75, 3.05) is 14.2 Å². The van der Waals surface area contributed by atoms with Gasteiger partial charge in [0, 0.05) is 25.0 Å². The van der Waals surface area contributed by atoms with Crippen molar-refractivity contribution < 1.29 is 4.74 Å². The summed E-state index contributed by atoms with van der Waals surface area (Å²) in [5.74, 6) is 0.924. The van der Waals surface area contributed by atoms with E-state index in [1.807, 2.05) is 12.1 Å². The summed E-state index contributed by atoms with van der Waals surface area (Å²) in [4.78, 5) is 0. The standard InChI is InChI=1S/C17H22N2O/c1-18-17-8-4-6-14-11-19(12-16(14)17)10-13-5-3-7-15(9-13)20-2/h3,5,7,9,11-12,17-18H,4,6,8,10H2,1-2H3. The molecule has 1 heterocycles. The van der Waals surface area contributed by atoms with Gasteiger partial charge in [-0.2, -0.15) is 0 Å². The Balaban J connectivity index is 1.83. The Labute approximate surface area is 120 Å². The highest BCUT2D eigenvalue weighted by Gasteiger charge is 2.20. The largest absolute Gasteiger partial charge is 0.497 e. The molecule has 3 heteroatoms. The molecule has 1 atom stereocenters. The lowest BCUT2D eigenvalue weighted by Crippen LogP contribution is -2.20. The second kappa shape index (κ2) is 5.71. The summed E-state index contributed by atoms with van der Waals surface area (Å²) in [6.45, 7) is 0.903. The Morgan fingerprint density at radius 2 is 2.25 bits per heavy atom. The number of hydrogen-bond donors (Lipinski definition) is 1. The number of methoxy groups -OCH3 is 1. The van der Waals surface area contributed by atoms with Gasteiger partial charge in [0.05, 0.1) is 7.11 Å². The molecule has 1 aliphatic carbocycles. The van der Waals surface area contributed by atoms with Crippen molar-refractivity contribution in [3.05, 3.63) is 53.3 Å². The van der Waals surface area contributed by atoms with E-state index in [9.17, 15) is 0 Å². The molecular formula is C17H22N2O. The van der Waals surface area contributed by atoms with Crippen molar-refractivity contribution in [1.29, 1.82) is 0 Å². The average Bonchev–Trinajstić information content (AvgIpc) is 2.89. The monoisotopic (exact) mass is 270 g/mol. The molecule has 106 valence electrons. The lowest BCUT2D eigenvalue weighted by Gasteiger charge is -2.21. The van der Waals surface area contributed by atoms with Gasteiger partial charge in [-0.05, 0) is 55.1 Å². The molecule has 1 aromatic heterocycles. The van der Waals surface area contributed by atoms with Gasteiger partial charge in [-0.15, -0.1) is 0 Å². The summed E-state index contributed by atoms with van der Waals surface area (Å²) in [6.07, 6.45) is 8.33. The van der Waals surface area contributed by atoms with E-state index in [1.165, 1.54) is 36.0 Å². The zero-order chi connectivity index (χ0) is 13.9. The highest BCUT2D eigenvalue weighted by molar-refractivity contribution is 5.32. The molecule has 1 N–H and O–H groups in total. The van der Waals surface area contributed by atoms with Crippen LogP contribution in [0.25, 0.3) is 0 Å². The van der Waals surface area contributed by atoms with Crippen LogP contribution in [0.1, 0.15) is 35.6 Å². The summed E-state index contributed by atoms with van der Waals surface area (Å²) in [7, 11) is 3.77. The summed E-state index contributed by atoms with van der Waals surface area (Å²) in [5, 5.41) is 3.42. The van der Waals surface area contributed by atoms with Crippen LogP contribution in [-0.2, 0) is 13.0 Å². The first kappa shape index (κ1) is 13.3. The molecular weight excluding hydrogens is 248 g/mol. The third-order valence-corrected chi connectivity index (χ3v) is 4.16. The molecule has 3 nitrogen and oxygen atoms in total. The summed E-state index contributed by atoms with van der Waals surface area (Å²) >= 11 is 0. The van der Waals surface area contributed by atoms with E-state index in [0.29, 0.717) is 6.04 Å². The molecule has 3 rings (SSSR count).